The van der Waals surface area contributed by atoms with Crippen LogP contribution in [-0.4, -0.2) is 22.5 Å². The monoisotopic (exact) mass is 322 g/mol. The van der Waals surface area contributed by atoms with E-state index in [2.05, 4.69) is 9.72 Å². The Morgan fingerprint density at radius 2 is 1.95 bits per heavy atom. The Morgan fingerprint density at radius 3 is 2.62 bits per heavy atom. The Balaban J connectivity index is 2.51. The molecule has 8 heteroatoms. The lowest BCUT2D eigenvalue weighted by atomic mass is 10.2. The minimum Gasteiger partial charge on any atom is -0.466 e. The van der Waals surface area contributed by atoms with Gasteiger partial charge >= 0.3 is 5.97 Å². The molecule has 0 atom stereocenters. The van der Waals surface area contributed by atoms with E-state index in [1.54, 1.807) is 0 Å². The van der Waals surface area contributed by atoms with Gasteiger partial charge in [0.1, 0.15) is 9.36 Å². The molecule has 3 aromatic rings. The van der Waals surface area contributed by atoms with Gasteiger partial charge in [0.2, 0.25) is 4.96 Å². The third kappa shape index (κ3) is 1.98. The van der Waals surface area contributed by atoms with Crippen molar-refractivity contribution in [3.8, 4) is 0 Å². The van der Waals surface area contributed by atoms with E-state index in [1.807, 2.05) is 13.8 Å². The average Bonchev–Trinajstić information content (AvgIpc) is 2.89. The molecule has 0 saturated carbocycles. The molecule has 0 aliphatic rings. The molecule has 0 bridgehead atoms. The Hall–Kier alpha value is -2.06. The summed E-state index contributed by atoms with van der Waals surface area (Å²) in [5.74, 6) is -0.638. The van der Waals surface area contributed by atoms with E-state index in [4.69, 9.17) is 0 Å². The Morgan fingerprint density at radius 1 is 1.24 bits per heavy atom. The van der Waals surface area contributed by atoms with Crippen molar-refractivity contribution in [3.05, 3.63) is 35.7 Å². The molecular weight excluding hydrogens is 312 g/mol. The second kappa shape index (κ2) is 4.74. The van der Waals surface area contributed by atoms with E-state index in [9.17, 15) is 14.4 Å². The number of thiophene rings is 1. The van der Waals surface area contributed by atoms with E-state index in [-0.39, 0.29) is 15.1 Å². The Kier molecular flexibility index (Phi) is 3.14. The van der Waals surface area contributed by atoms with Crippen molar-refractivity contribution >= 4 is 49.9 Å². The highest BCUT2D eigenvalue weighted by atomic mass is 32.1. The molecule has 3 aromatic heterocycles. The summed E-state index contributed by atoms with van der Waals surface area (Å²) in [4.78, 5) is 42.3. The zero-order chi connectivity index (χ0) is 15.3. The number of aromatic nitrogens is 2. The number of nitrogens with zero attached hydrogens (tertiary/aromatic N) is 2. The quantitative estimate of drug-likeness (QED) is 0.614. The van der Waals surface area contributed by atoms with Crippen LogP contribution in [0.15, 0.2) is 9.59 Å². The first kappa shape index (κ1) is 13.9. The first-order valence-corrected chi connectivity index (χ1v) is 7.62. The largest absolute Gasteiger partial charge is 0.466 e. The van der Waals surface area contributed by atoms with Gasteiger partial charge in [0, 0.05) is 11.0 Å². The van der Waals surface area contributed by atoms with Crippen LogP contribution in [0.25, 0.3) is 21.3 Å². The molecule has 0 unspecified atom stereocenters. The highest BCUT2D eigenvalue weighted by Gasteiger charge is 2.16. The third-order valence-corrected chi connectivity index (χ3v) is 5.31. The van der Waals surface area contributed by atoms with Gasteiger partial charge in [0.25, 0.3) is 11.1 Å². The van der Waals surface area contributed by atoms with Crippen molar-refractivity contribution < 1.29 is 9.53 Å². The molecule has 6 nitrogen and oxygen atoms in total. The van der Waals surface area contributed by atoms with Crippen molar-refractivity contribution in [1.29, 1.82) is 0 Å². The van der Waals surface area contributed by atoms with Crippen molar-refractivity contribution in [2.24, 2.45) is 0 Å². The maximum absolute atomic E-state index is 12.5. The topological polar surface area (TPSA) is 77.7 Å². The van der Waals surface area contributed by atoms with Crippen LogP contribution in [0, 0.1) is 13.8 Å². The van der Waals surface area contributed by atoms with Crippen LogP contribution in [-0.2, 0) is 9.53 Å². The highest BCUT2D eigenvalue weighted by Crippen LogP contribution is 2.26. The van der Waals surface area contributed by atoms with Crippen molar-refractivity contribution in [1.82, 2.24) is 9.38 Å². The molecule has 0 saturated heterocycles. The molecule has 0 spiro atoms. The lowest BCUT2D eigenvalue weighted by Crippen LogP contribution is -2.31. The lowest BCUT2D eigenvalue weighted by molar-refractivity contribution is -0.133. The van der Waals surface area contributed by atoms with Gasteiger partial charge in [-0.3, -0.25) is 9.59 Å². The molecule has 0 aliphatic heterocycles. The summed E-state index contributed by atoms with van der Waals surface area (Å²) in [5, 5.41) is 0.467. The number of hydrogen-bond donors (Lipinski definition) is 0. The first-order chi connectivity index (χ1) is 9.93. The van der Waals surface area contributed by atoms with Crippen LogP contribution in [0.4, 0.5) is 0 Å². The maximum Gasteiger partial charge on any atom is 0.332 e. The molecule has 3 heterocycles. The second-order valence-electron chi connectivity index (χ2n) is 4.44. The fourth-order valence-electron chi connectivity index (χ4n) is 2.03. The number of hydrogen-bond acceptors (Lipinski definition) is 7. The molecule has 0 aromatic carbocycles. The molecule has 0 radical (unpaired) electrons. The Bertz CT molecular complexity index is 1060. The Labute approximate surface area is 125 Å². The van der Waals surface area contributed by atoms with Crippen LogP contribution >= 0.6 is 22.7 Å². The van der Waals surface area contributed by atoms with Gasteiger partial charge in [-0.15, -0.1) is 11.3 Å². The number of aryl methyl sites for hydroxylation is 2. The number of carbonyl (C=O) groups is 1. The van der Waals surface area contributed by atoms with E-state index in [0.717, 1.165) is 32.3 Å². The predicted molar refractivity (Wildman–Crippen MR) is 82.2 cm³/mol. The summed E-state index contributed by atoms with van der Waals surface area (Å²) in [6.45, 7) is 3.75. The number of thiazole rings is 1. The SMILES string of the molecule is COC(=O)/C=c1/sc2nc3sc(C)c(C)c3c(=O)n2c1=O. The second-order valence-corrected chi connectivity index (χ2v) is 6.65. The minimum atomic E-state index is -0.638. The van der Waals surface area contributed by atoms with Crippen LogP contribution in [0.3, 0.4) is 0 Å². The van der Waals surface area contributed by atoms with E-state index in [0.29, 0.717) is 10.2 Å². The third-order valence-electron chi connectivity index (χ3n) is 3.24. The number of rotatable bonds is 1. The summed E-state index contributed by atoms with van der Waals surface area (Å²) < 4.78 is 5.65. The van der Waals surface area contributed by atoms with E-state index in [1.165, 1.54) is 18.4 Å². The summed E-state index contributed by atoms with van der Waals surface area (Å²) in [5.41, 5.74) is -0.0864. The molecular formula is C13H10N2O4S2. The predicted octanol–water partition coefficient (Wildman–Crippen LogP) is 0.620. The van der Waals surface area contributed by atoms with E-state index < -0.39 is 11.5 Å². The zero-order valence-electron chi connectivity index (χ0n) is 11.4. The lowest BCUT2D eigenvalue weighted by Gasteiger charge is -1.92. The summed E-state index contributed by atoms with van der Waals surface area (Å²) >= 11 is 2.42. The van der Waals surface area contributed by atoms with Gasteiger partial charge in [-0.05, 0) is 19.4 Å². The van der Waals surface area contributed by atoms with Crippen LogP contribution in [0.2, 0.25) is 0 Å². The molecule has 0 amide bonds. The van der Waals surface area contributed by atoms with Gasteiger partial charge in [-0.1, -0.05) is 11.3 Å². The van der Waals surface area contributed by atoms with Gasteiger partial charge in [0.15, 0.2) is 0 Å². The molecule has 21 heavy (non-hydrogen) atoms. The average molecular weight is 322 g/mol. The van der Waals surface area contributed by atoms with Crippen molar-refractivity contribution in [3.63, 3.8) is 0 Å². The fraction of sp³-hybridized carbons (Fsp3) is 0.231. The first-order valence-electron chi connectivity index (χ1n) is 5.99. The van der Waals surface area contributed by atoms with Crippen LogP contribution in [0.5, 0.6) is 0 Å². The van der Waals surface area contributed by atoms with Crippen LogP contribution in [0.1, 0.15) is 10.4 Å². The molecule has 0 aliphatic carbocycles. The zero-order valence-corrected chi connectivity index (χ0v) is 13.1. The van der Waals surface area contributed by atoms with Gasteiger partial charge < -0.3 is 4.74 Å². The summed E-state index contributed by atoms with van der Waals surface area (Å²) in [6, 6.07) is 0. The number of carbonyl (C=O) groups excluding carboxylic acids is 1. The van der Waals surface area contributed by atoms with Gasteiger partial charge in [-0.25, -0.2) is 14.2 Å². The van der Waals surface area contributed by atoms with Crippen molar-refractivity contribution in [2.45, 2.75) is 13.8 Å². The van der Waals surface area contributed by atoms with Crippen molar-refractivity contribution in [2.75, 3.05) is 7.11 Å². The summed E-state index contributed by atoms with van der Waals surface area (Å²) in [7, 11) is 1.23. The number of esters is 1. The van der Waals surface area contributed by atoms with E-state index >= 15 is 0 Å². The molecule has 3 rings (SSSR count). The normalized spacial score (nSPS) is 12.4. The molecule has 0 fully saturated rings. The molecule has 108 valence electrons. The van der Waals surface area contributed by atoms with Gasteiger partial charge in [-0.2, -0.15) is 0 Å². The van der Waals surface area contributed by atoms with Crippen LogP contribution < -0.4 is 15.7 Å². The number of ether oxygens (including phenoxy) is 1. The number of methoxy groups -OCH3 is 1. The highest BCUT2D eigenvalue weighted by molar-refractivity contribution is 7.19. The minimum absolute atomic E-state index is 0.137. The summed E-state index contributed by atoms with van der Waals surface area (Å²) in [6.07, 6.45) is 1.08. The standard InChI is InChI=1S/C13H10N2O4S2/c1-5-6(2)20-10-9(5)12(18)15-11(17)7(4-8(16)19-3)21-13(15)14-10/h4H,1-3H3/b7-4+. The fourth-order valence-corrected chi connectivity index (χ4v) is 4.03. The van der Waals surface area contributed by atoms with Gasteiger partial charge in [0.05, 0.1) is 12.5 Å². The smallest absolute Gasteiger partial charge is 0.332 e. The maximum atomic E-state index is 12.5. The molecule has 0 N–H and O–H groups in total. The number of fused-ring (bicyclic) bond motifs is 2.